The van der Waals surface area contributed by atoms with Crippen LogP contribution in [0.5, 0.6) is 0 Å². The molecule has 0 radical (unpaired) electrons. The maximum Gasteiger partial charge on any atom is 0.289 e. The zero-order chi connectivity index (χ0) is 12.5. The number of nitrogens with one attached hydrogen (secondary N) is 1. The van der Waals surface area contributed by atoms with E-state index >= 15 is 0 Å². The van der Waals surface area contributed by atoms with Crippen LogP contribution in [0.1, 0.15) is 10.6 Å². The number of carbonyl (C=O) groups excluding carboxylic acids is 1. The summed E-state index contributed by atoms with van der Waals surface area (Å²) in [5.41, 5.74) is 0.877. The molecule has 1 saturated heterocycles. The number of H-pyrrole nitrogens is 1. The highest BCUT2D eigenvalue weighted by molar-refractivity contribution is 6.33. The van der Waals surface area contributed by atoms with Gasteiger partial charge in [0.1, 0.15) is 11.8 Å². The SMILES string of the molecule is O=C(c1nc2c(Cl)ncnc2[nH]1)N1CCOCC1. The highest BCUT2D eigenvalue weighted by Gasteiger charge is 2.22. The van der Waals surface area contributed by atoms with E-state index in [4.69, 9.17) is 16.3 Å². The second-order valence-corrected chi connectivity index (χ2v) is 4.21. The van der Waals surface area contributed by atoms with E-state index in [0.29, 0.717) is 37.5 Å². The van der Waals surface area contributed by atoms with Crippen molar-refractivity contribution in [2.75, 3.05) is 26.3 Å². The number of aromatic amines is 1. The molecule has 1 amide bonds. The molecular formula is C10H10ClN5O2. The van der Waals surface area contributed by atoms with E-state index in [0.717, 1.165) is 0 Å². The third-order valence-corrected chi connectivity index (χ3v) is 3.02. The summed E-state index contributed by atoms with van der Waals surface area (Å²) in [6.45, 7) is 2.23. The molecule has 2 aromatic rings. The van der Waals surface area contributed by atoms with E-state index in [1.54, 1.807) is 4.90 Å². The van der Waals surface area contributed by atoms with Gasteiger partial charge >= 0.3 is 0 Å². The van der Waals surface area contributed by atoms with Crippen LogP contribution in [0.4, 0.5) is 0 Å². The summed E-state index contributed by atoms with van der Waals surface area (Å²) in [4.78, 5) is 28.6. The third kappa shape index (κ3) is 1.91. The molecule has 0 saturated carbocycles. The fraction of sp³-hybridized carbons (Fsp3) is 0.400. The number of hydrogen-bond acceptors (Lipinski definition) is 5. The van der Waals surface area contributed by atoms with Crippen molar-refractivity contribution in [2.24, 2.45) is 0 Å². The van der Waals surface area contributed by atoms with Gasteiger partial charge in [0.2, 0.25) is 0 Å². The van der Waals surface area contributed by atoms with E-state index in [1.165, 1.54) is 6.33 Å². The molecule has 0 bridgehead atoms. The van der Waals surface area contributed by atoms with Crippen LogP contribution in [-0.4, -0.2) is 57.0 Å². The normalized spacial score (nSPS) is 16.2. The van der Waals surface area contributed by atoms with Crippen LogP contribution in [0.25, 0.3) is 11.2 Å². The van der Waals surface area contributed by atoms with Crippen molar-refractivity contribution in [2.45, 2.75) is 0 Å². The number of ether oxygens (including phenoxy) is 1. The third-order valence-electron chi connectivity index (χ3n) is 2.74. The lowest BCUT2D eigenvalue weighted by molar-refractivity contribution is 0.0296. The van der Waals surface area contributed by atoms with Crippen LogP contribution in [0.15, 0.2) is 6.33 Å². The van der Waals surface area contributed by atoms with Crippen LogP contribution in [0.3, 0.4) is 0 Å². The van der Waals surface area contributed by atoms with Crippen molar-refractivity contribution >= 4 is 28.7 Å². The number of halogens is 1. The van der Waals surface area contributed by atoms with Crippen molar-refractivity contribution in [1.82, 2.24) is 24.8 Å². The Labute approximate surface area is 107 Å². The minimum Gasteiger partial charge on any atom is -0.378 e. The fourth-order valence-corrected chi connectivity index (χ4v) is 1.99. The number of aromatic nitrogens is 4. The summed E-state index contributed by atoms with van der Waals surface area (Å²) >= 11 is 5.88. The molecule has 0 spiro atoms. The molecule has 3 rings (SSSR count). The molecule has 94 valence electrons. The monoisotopic (exact) mass is 267 g/mol. The molecule has 0 atom stereocenters. The number of rotatable bonds is 1. The van der Waals surface area contributed by atoms with E-state index in [-0.39, 0.29) is 16.9 Å². The van der Waals surface area contributed by atoms with E-state index < -0.39 is 0 Å². The summed E-state index contributed by atoms with van der Waals surface area (Å²) < 4.78 is 5.20. The first-order chi connectivity index (χ1) is 8.75. The Morgan fingerprint density at radius 2 is 2.17 bits per heavy atom. The molecular weight excluding hydrogens is 258 g/mol. The topological polar surface area (TPSA) is 84.0 Å². The van der Waals surface area contributed by atoms with Gasteiger partial charge in [-0.3, -0.25) is 4.79 Å². The van der Waals surface area contributed by atoms with Gasteiger partial charge in [0, 0.05) is 13.1 Å². The molecule has 18 heavy (non-hydrogen) atoms. The standard InChI is InChI=1S/C10H10ClN5O2/c11-7-6-8(13-5-12-7)15-9(14-6)10(17)16-1-3-18-4-2-16/h5H,1-4H2,(H,12,13,14,15). The molecule has 1 N–H and O–H groups in total. The highest BCUT2D eigenvalue weighted by atomic mass is 35.5. The van der Waals surface area contributed by atoms with Gasteiger partial charge in [-0.2, -0.15) is 0 Å². The minimum atomic E-state index is -0.174. The van der Waals surface area contributed by atoms with Gasteiger partial charge in [-0.1, -0.05) is 11.6 Å². The summed E-state index contributed by atoms with van der Waals surface area (Å²) in [7, 11) is 0. The summed E-state index contributed by atoms with van der Waals surface area (Å²) in [6, 6.07) is 0. The lowest BCUT2D eigenvalue weighted by atomic mass is 10.4. The molecule has 1 aliphatic heterocycles. The van der Waals surface area contributed by atoms with Crippen LogP contribution in [0.2, 0.25) is 5.15 Å². The molecule has 0 unspecified atom stereocenters. The van der Waals surface area contributed by atoms with Gasteiger partial charge in [0.05, 0.1) is 13.2 Å². The number of morpholine rings is 1. The smallest absolute Gasteiger partial charge is 0.289 e. The summed E-state index contributed by atoms with van der Waals surface area (Å²) in [6.07, 6.45) is 1.33. The largest absolute Gasteiger partial charge is 0.378 e. The molecule has 7 nitrogen and oxygen atoms in total. The Morgan fingerprint density at radius 3 is 2.89 bits per heavy atom. The second kappa shape index (κ2) is 4.51. The Kier molecular flexibility index (Phi) is 2.85. The first-order valence-corrected chi connectivity index (χ1v) is 5.87. The molecule has 0 aromatic carbocycles. The number of imidazole rings is 1. The Morgan fingerprint density at radius 1 is 1.39 bits per heavy atom. The molecule has 0 aliphatic carbocycles. The number of carbonyl (C=O) groups is 1. The molecule has 3 heterocycles. The Hall–Kier alpha value is -1.73. The first-order valence-electron chi connectivity index (χ1n) is 5.49. The predicted molar refractivity (Wildman–Crippen MR) is 63.4 cm³/mol. The van der Waals surface area contributed by atoms with Crippen molar-refractivity contribution in [3.8, 4) is 0 Å². The van der Waals surface area contributed by atoms with Crippen molar-refractivity contribution in [3.05, 3.63) is 17.3 Å². The zero-order valence-corrected chi connectivity index (χ0v) is 10.1. The van der Waals surface area contributed by atoms with Crippen molar-refractivity contribution in [1.29, 1.82) is 0 Å². The van der Waals surface area contributed by atoms with Crippen LogP contribution in [0, 0.1) is 0 Å². The van der Waals surface area contributed by atoms with Gasteiger partial charge in [-0.15, -0.1) is 0 Å². The number of amides is 1. The van der Waals surface area contributed by atoms with Gasteiger partial charge in [-0.25, -0.2) is 15.0 Å². The first kappa shape index (κ1) is 11.4. The van der Waals surface area contributed by atoms with E-state index in [1.807, 2.05) is 0 Å². The fourth-order valence-electron chi connectivity index (χ4n) is 1.82. The number of hydrogen-bond donors (Lipinski definition) is 1. The van der Waals surface area contributed by atoms with Crippen molar-refractivity contribution < 1.29 is 9.53 Å². The van der Waals surface area contributed by atoms with Gasteiger partial charge in [0.15, 0.2) is 16.6 Å². The average molecular weight is 268 g/mol. The Balaban J connectivity index is 1.94. The number of fused-ring (bicyclic) bond motifs is 1. The summed E-state index contributed by atoms with van der Waals surface area (Å²) in [5, 5.41) is 0.234. The predicted octanol–water partition coefficient (Wildman–Crippen LogP) is 0.479. The minimum absolute atomic E-state index is 0.174. The quantitative estimate of drug-likeness (QED) is 0.760. The van der Waals surface area contributed by atoms with Gasteiger partial charge in [0.25, 0.3) is 5.91 Å². The maximum absolute atomic E-state index is 12.2. The maximum atomic E-state index is 12.2. The van der Waals surface area contributed by atoms with Crippen LogP contribution < -0.4 is 0 Å². The molecule has 1 fully saturated rings. The molecule has 1 aliphatic rings. The second-order valence-electron chi connectivity index (χ2n) is 3.85. The number of nitrogens with zero attached hydrogens (tertiary/aromatic N) is 4. The van der Waals surface area contributed by atoms with Crippen molar-refractivity contribution in [3.63, 3.8) is 0 Å². The molecule has 2 aromatic heterocycles. The zero-order valence-electron chi connectivity index (χ0n) is 9.39. The Bertz CT molecular complexity index is 593. The van der Waals surface area contributed by atoms with Gasteiger partial charge < -0.3 is 14.6 Å². The lowest BCUT2D eigenvalue weighted by Crippen LogP contribution is -2.41. The van der Waals surface area contributed by atoms with Crippen LogP contribution in [-0.2, 0) is 4.74 Å². The lowest BCUT2D eigenvalue weighted by Gasteiger charge is -2.25. The average Bonchev–Trinajstić information content (AvgIpc) is 2.84. The summed E-state index contributed by atoms with van der Waals surface area (Å²) in [5.74, 6) is 0.0571. The van der Waals surface area contributed by atoms with E-state index in [2.05, 4.69) is 19.9 Å². The molecule has 8 heteroatoms. The van der Waals surface area contributed by atoms with Crippen LogP contribution >= 0.6 is 11.6 Å². The highest BCUT2D eigenvalue weighted by Crippen LogP contribution is 2.17. The van der Waals surface area contributed by atoms with E-state index in [9.17, 15) is 4.79 Å². The van der Waals surface area contributed by atoms with Gasteiger partial charge in [-0.05, 0) is 0 Å².